The van der Waals surface area contributed by atoms with E-state index in [2.05, 4.69) is 4.90 Å². The van der Waals surface area contributed by atoms with Crippen molar-refractivity contribution in [3.8, 4) is 11.5 Å². The molecule has 5 rings (SSSR count). The second-order valence-corrected chi connectivity index (χ2v) is 10.9. The van der Waals surface area contributed by atoms with Gasteiger partial charge in [-0.3, -0.25) is 9.69 Å². The van der Waals surface area contributed by atoms with Gasteiger partial charge < -0.3 is 33.9 Å². The molecule has 10 nitrogen and oxygen atoms in total. The van der Waals surface area contributed by atoms with Gasteiger partial charge in [0.05, 0.1) is 26.2 Å². The Hall–Kier alpha value is -3.08. The number of rotatable bonds is 8. The molecule has 1 fully saturated rings. The Labute approximate surface area is 221 Å². The van der Waals surface area contributed by atoms with E-state index in [0.717, 1.165) is 42.6 Å². The second kappa shape index (κ2) is 9.91. The molecule has 4 aliphatic rings. The van der Waals surface area contributed by atoms with Gasteiger partial charge in [-0.25, -0.2) is 4.79 Å². The fraction of sp³-hybridized carbons (Fsp3) is 0.571. The fourth-order valence-electron chi connectivity index (χ4n) is 6.05. The molecule has 2 unspecified atom stereocenters. The van der Waals surface area contributed by atoms with Crippen LogP contribution in [0.1, 0.15) is 50.2 Å². The third kappa shape index (κ3) is 4.76. The van der Waals surface area contributed by atoms with Crippen LogP contribution in [0.25, 0.3) is 0 Å². The van der Waals surface area contributed by atoms with Crippen molar-refractivity contribution in [3.05, 3.63) is 46.7 Å². The molecular weight excluding hydrogens is 494 g/mol. The van der Waals surface area contributed by atoms with Crippen LogP contribution in [-0.2, 0) is 30.2 Å². The SMILES string of the molecule is COC(=O)C[C@](O)(C/C=C/C(C)(C)O)C(=O)OC1C(OC)=C2CCN3CCc4cc5c(cc4[C@H]1C23)OCO5. The summed E-state index contributed by atoms with van der Waals surface area (Å²) in [6.07, 6.45) is 2.86. The summed E-state index contributed by atoms with van der Waals surface area (Å²) >= 11 is 0. The van der Waals surface area contributed by atoms with Crippen molar-refractivity contribution >= 4 is 11.9 Å². The lowest BCUT2D eigenvalue weighted by Gasteiger charge is -2.32. The minimum atomic E-state index is -2.20. The standard InChI is InChI=1S/C28H35NO9/c1-27(2,32)8-5-9-28(33,14-21(30)34-3)26(31)38-25-22-18-13-20-19(36-15-37-20)12-16(18)6-10-29-11-7-17(23(22)29)24(25)35-4/h5,8,12-13,22-23,25,32-33H,6-7,9-11,14-15H2,1-4H3/b8-5+/t22-,23?,25?,28+/m0/s1. The Bertz CT molecular complexity index is 1180. The molecule has 0 radical (unpaired) electrons. The van der Waals surface area contributed by atoms with Crippen molar-refractivity contribution in [2.75, 3.05) is 34.1 Å². The molecule has 1 aliphatic carbocycles. The maximum absolute atomic E-state index is 13.6. The maximum Gasteiger partial charge on any atom is 0.339 e. The third-order valence-electron chi connectivity index (χ3n) is 7.80. The van der Waals surface area contributed by atoms with Crippen molar-refractivity contribution < 1.29 is 43.5 Å². The van der Waals surface area contributed by atoms with E-state index >= 15 is 0 Å². The molecule has 1 aromatic carbocycles. The van der Waals surface area contributed by atoms with Gasteiger partial charge in [-0.05, 0) is 55.5 Å². The van der Waals surface area contributed by atoms with Crippen molar-refractivity contribution in [1.29, 1.82) is 0 Å². The highest BCUT2D eigenvalue weighted by Crippen LogP contribution is 2.52. The number of fused-ring (bicyclic) bond motifs is 3. The van der Waals surface area contributed by atoms with Crippen LogP contribution in [0, 0.1) is 0 Å². The summed E-state index contributed by atoms with van der Waals surface area (Å²) in [5, 5.41) is 21.4. The number of ether oxygens (including phenoxy) is 5. The van der Waals surface area contributed by atoms with Crippen LogP contribution in [-0.4, -0.2) is 84.5 Å². The second-order valence-electron chi connectivity index (χ2n) is 10.9. The highest BCUT2D eigenvalue weighted by molar-refractivity contribution is 5.86. The first-order valence-electron chi connectivity index (χ1n) is 12.9. The van der Waals surface area contributed by atoms with E-state index in [0.29, 0.717) is 17.3 Å². The van der Waals surface area contributed by atoms with Crippen molar-refractivity contribution in [3.63, 3.8) is 0 Å². The first kappa shape index (κ1) is 26.5. The van der Waals surface area contributed by atoms with E-state index in [-0.39, 0.29) is 25.2 Å². The molecule has 0 amide bonds. The van der Waals surface area contributed by atoms with E-state index < -0.39 is 35.7 Å². The van der Waals surface area contributed by atoms with E-state index in [1.807, 2.05) is 12.1 Å². The molecule has 4 atom stereocenters. The van der Waals surface area contributed by atoms with Gasteiger partial charge in [0.15, 0.2) is 23.2 Å². The van der Waals surface area contributed by atoms with Gasteiger partial charge in [0.2, 0.25) is 6.79 Å². The summed E-state index contributed by atoms with van der Waals surface area (Å²) in [7, 11) is 2.75. The van der Waals surface area contributed by atoms with Gasteiger partial charge >= 0.3 is 11.9 Å². The van der Waals surface area contributed by atoms with E-state index in [1.54, 1.807) is 21.0 Å². The molecule has 38 heavy (non-hydrogen) atoms. The smallest absolute Gasteiger partial charge is 0.339 e. The Morgan fingerprint density at radius 2 is 1.84 bits per heavy atom. The minimum Gasteiger partial charge on any atom is -0.497 e. The number of benzene rings is 1. The Balaban J connectivity index is 1.51. The number of hydrogen-bond donors (Lipinski definition) is 2. The van der Waals surface area contributed by atoms with Crippen LogP contribution in [0.15, 0.2) is 35.6 Å². The molecule has 1 saturated heterocycles. The molecular formula is C28H35NO9. The number of nitrogens with zero attached hydrogens (tertiary/aromatic N) is 1. The van der Waals surface area contributed by atoms with Gasteiger partial charge in [-0.15, -0.1) is 0 Å². The average Bonchev–Trinajstić information content (AvgIpc) is 3.52. The van der Waals surface area contributed by atoms with E-state index in [4.69, 9.17) is 23.7 Å². The molecule has 0 saturated carbocycles. The molecule has 0 spiro atoms. The quantitative estimate of drug-likeness (QED) is 0.382. The Morgan fingerprint density at radius 1 is 1.13 bits per heavy atom. The van der Waals surface area contributed by atoms with Gasteiger partial charge in [-0.1, -0.05) is 12.2 Å². The summed E-state index contributed by atoms with van der Waals surface area (Å²) in [5.41, 5.74) is -0.197. The zero-order valence-corrected chi connectivity index (χ0v) is 22.2. The van der Waals surface area contributed by atoms with Crippen LogP contribution in [0.3, 0.4) is 0 Å². The number of aliphatic hydroxyl groups is 2. The van der Waals surface area contributed by atoms with Gasteiger partial charge in [0.1, 0.15) is 5.76 Å². The summed E-state index contributed by atoms with van der Waals surface area (Å²) < 4.78 is 27.9. The fourth-order valence-corrected chi connectivity index (χ4v) is 6.05. The van der Waals surface area contributed by atoms with Crippen molar-refractivity contribution in [2.45, 2.75) is 68.8 Å². The zero-order chi connectivity index (χ0) is 27.2. The van der Waals surface area contributed by atoms with Crippen LogP contribution < -0.4 is 9.47 Å². The molecule has 1 aromatic rings. The third-order valence-corrected chi connectivity index (χ3v) is 7.80. The molecule has 10 heteroatoms. The number of esters is 2. The number of carbonyl (C=O) groups excluding carboxylic acids is 2. The first-order valence-corrected chi connectivity index (χ1v) is 12.9. The van der Waals surface area contributed by atoms with Crippen LogP contribution in [0.2, 0.25) is 0 Å². The predicted molar refractivity (Wildman–Crippen MR) is 135 cm³/mol. The van der Waals surface area contributed by atoms with Crippen LogP contribution in [0.4, 0.5) is 0 Å². The number of hydrogen-bond acceptors (Lipinski definition) is 10. The normalized spacial score (nSPS) is 25.6. The minimum absolute atomic E-state index is 0.0202. The lowest BCUT2D eigenvalue weighted by Crippen LogP contribution is -2.45. The number of methoxy groups -OCH3 is 2. The summed E-state index contributed by atoms with van der Waals surface area (Å²) in [4.78, 5) is 28.2. The summed E-state index contributed by atoms with van der Waals surface area (Å²) in [6.45, 7) is 5.00. The predicted octanol–water partition coefficient (Wildman–Crippen LogP) is 1.97. The largest absolute Gasteiger partial charge is 0.497 e. The van der Waals surface area contributed by atoms with Gasteiger partial charge in [0, 0.05) is 31.5 Å². The molecule has 2 N–H and O–H groups in total. The Kier molecular flexibility index (Phi) is 6.91. The topological polar surface area (TPSA) is 124 Å². The lowest BCUT2D eigenvalue weighted by molar-refractivity contribution is -0.176. The van der Waals surface area contributed by atoms with E-state index in [1.165, 1.54) is 19.3 Å². The van der Waals surface area contributed by atoms with E-state index in [9.17, 15) is 19.8 Å². The summed E-state index contributed by atoms with van der Waals surface area (Å²) in [6, 6.07) is 3.94. The monoisotopic (exact) mass is 529 g/mol. The molecule has 3 aliphatic heterocycles. The Morgan fingerprint density at radius 3 is 2.53 bits per heavy atom. The lowest BCUT2D eigenvalue weighted by atomic mass is 9.86. The molecule has 206 valence electrons. The highest BCUT2D eigenvalue weighted by Gasteiger charge is 2.54. The van der Waals surface area contributed by atoms with Crippen LogP contribution >= 0.6 is 0 Å². The maximum atomic E-state index is 13.6. The van der Waals surface area contributed by atoms with Gasteiger partial charge in [-0.2, -0.15) is 0 Å². The van der Waals surface area contributed by atoms with Crippen LogP contribution in [0.5, 0.6) is 11.5 Å². The zero-order valence-electron chi connectivity index (χ0n) is 22.2. The van der Waals surface area contributed by atoms with Crippen molar-refractivity contribution in [1.82, 2.24) is 4.90 Å². The molecule has 0 aromatic heterocycles. The molecule has 3 heterocycles. The average molecular weight is 530 g/mol. The van der Waals surface area contributed by atoms with Gasteiger partial charge in [0.25, 0.3) is 0 Å². The molecule has 0 bridgehead atoms. The van der Waals surface area contributed by atoms with Crippen molar-refractivity contribution in [2.24, 2.45) is 0 Å². The highest BCUT2D eigenvalue weighted by atomic mass is 16.7. The summed E-state index contributed by atoms with van der Waals surface area (Å²) in [5.74, 6) is -0.0772. The first-order chi connectivity index (χ1) is 18.0. The number of carbonyl (C=O) groups is 2.